The molecule has 0 saturated heterocycles. The zero-order valence-corrected chi connectivity index (χ0v) is 11.8. The van der Waals surface area contributed by atoms with Crippen molar-refractivity contribution in [2.75, 3.05) is 0 Å². The minimum Gasteiger partial charge on any atom is -0.309 e. The molecule has 0 radical (unpaired) electrons. The minimum absolute atomic E-state index is 0.720. The molecule has 0 spiro atoms. The summed E-state index contributed by atoms with van der Waals surface area (Å²) in [6, 6.07) is 5.53. The molecule has 1 nitrogen and oxygen atoms in total. The Balaban J connectivity index is 1.94. The van der Waals surface area contributed by atoms with Gasteiger partial charge in [0.2, 0.25) is 0 Å². The fraction of sp³-hybridized carbons (Fsp3) is 0.231. The zero-order valence-electron chi connectivity index (χ0n) is 9.47. The van der Waals surface area contributed by atoms with Gasteiger partial charge >= 0.3 is 0 Å². The van der Waals surface area contributed by atoms with Gasteiger partial charge in [0.1, 0.15) is 0 Å². The molecule has 0 amide bonds. The summed E-state index contributed by atoms with van der Waals surface area (Å²) in [5, 5.41) is 9.18. The van der Waals surface area contributed by atoms with Gasteiger partial charge in [-0.3, -0.25) is 0 Å². The van der Waals surface area contributed by atoms with E-state index in [1.54, 1.807) is 17.4 Å². The Labute approximate surface area is 115 Å². The summed E-state index contributed by atoms with van der Waals surface area (Å²) in [4.78, 5) is 0. The fourth-order valence-electron chi connectivity index (χ4n) is 1.58. The Morgan fingerprint density at radius 1 is 1.12 bits per heavy atom. The average Bonchev–Trinajstić information content (AvgIpc) is 2.70. The molecule has 2 rings (SSSR count). The largest absolute Gasteiger partial charge is 0.309 e. The Morgan fingerprint density at radius 2 is 1.88 bits per heavy atom. The lowest BCUT2D eigenvalue weighted by molar-refractivity contribution is 0.692. The molecule has 1 aromatic heterocycles. The summed E-state index contributed by atoms with van der Waals surface area (Å²) < 4.78 is 0. The van der Waals surface area contributed by atoms with E-state index in [0.29, 0.717) is 0 Å². The normalized spacial score (nSPS) is 10.8. The van der Waals surface area contributed by atoms with Crippen molar-refractivity contribution < 1.29 is 0 Å². The highest BCUT2D eigenvalue weighted by Gasteiger charge is 2.02. The van der Waals surface area contributed by atoms with E-state index in [1.165, 1.54) is 11.1 Å². The van der Waals surface area contributed by atoms with Crippen molar-refractivity contribution in [3.8, 4) is 0 Å². The minimum atomic E-state index is 0.720. The summed E-state index contributed by atoms with van der Waals surface area (Å²) in [6.07, 6.45) is 0. The van der Waals surface area contributed by atoms with Gasteiger partial charge in [-0.1, -0.05) is 23.2 Å². The van der Waals surface area contributed by atoms with E-state index >= 15 is 0 Å². The van der Waals surface area contributed by atoms with Crippen LogP contribution in [0.2, 0.25) is 10.0 Å². The van der Waals surface area contributed by atoms with Crippen LogP contribution in [-0.2, 0) is 13.1 Å². The molecule has 2 aromatic rings. The molecule has 0 saturated carbocycles. The van der Waals surface area contributed by atoms with Crippen LogP contribution in [0.25, 0.3) is 0 Å². The molecule has 4 heteroatoms. The molecule has 90 valence electrons. The molecule has 0 aliphatic carbocycles. The molecular formula is C13H13Cl2NS. The molecule has 1 heterocycles. The predicted octanol–water partition coefficient (Wildman–Crippen LogP) is 4.65. The van der Waals surface area contributed by atoms with Crippen LogP contribution in [0.1, 0.15) is 16.7 Å². The number of thiophene rings is 1. The van der Waals surface area contributed by atoms with Crippen molar-refractivity contribution >= 4 is 34.5 Å². The number of benzene rings is 1. The SMILES string of the molecule is Cc1cscc1CNCc1cc(Cl)ccc1Cl. The van der Waals surface area contributed by atoms with E-state index < -0.39 is 0 Å². The van der Waals surface area contributed by atoms with Crippen LogP contribution >= 0.6 is 34.5 Å². The van der Waals surface area contributed by atoms with E-state index in [2.05, 4.69) is 23.0 Å². The maximum absolute atomic E-state index is 6.09. The molecule has 0 aliphatic rings. The van der Waals surface area contributed by atoms with Gasteiger partial charge < -0.3 is 5.32 Å². The Bertz CT molecular complexity index is 508. The molecule has 0 aliphatic heterocycles. The zero-order chi connectivity index (χ0) is 12.3. The third kappa shape index (κ3) is 3.46. The Morgan fingerprint density at radius 3 is 2.59 bits per heavy atom. The predicted molar refractivity (Wildman–Crippen MR) is 76.1 cm³/mol. The van der Waals surface area contributed by atoms with Crippen LogP contribution in [0.5, 0.6) is 0 Å². The standard InChI is InChI=1S/C13H13Cl2NS/c1-9-7-17-8-11(9)6-16-5-10-4-12(14)2-3-13(10)15/h2-4,7-8,16H,5-6H2,1H3. The molecule has 0 fully saturated rings. The van der Waals surface area contributed by atoms with Crippen LogP contribution in [0.3, 0.4) is 0 Å². The van der Waals surface area contributed by atoms with Gasteiger partial charge in [0, 0.05) is 23.1 Å². The molecule has 17 heavy (non-hydrogen) atoms. The second-order valence-electron chi connectivity index (χ2n) is 3.92. The summed E-state index contributed by atoms with van der Waals surface area (Å²) in [5.41, 5.74) is 3.71. The van der Waals surface area contributed by atoms with Crippen molar-refractivity contribution in [3.05, 3.63) is 55.7 Å². The van der Waals surface area contributed by atoms with E-state index in [0.717, 1.165) is 28.7 Å². The van der Waals surface area contributed by atoms with Crippen molar-refractivity contribution in [1.29, 1.82) is 0 Å². The lowest BCUT2D eigenvalue weighted by Crippen LogP contribution is -2.13. The van der Waals surface area contributed by atoms with Gasteiger partial charge in [-0.2, -0.15) is 11.3 Å². The van der Waals surface area contributed by atoms with Crippen molar-refractivity contribution in [2.45, 2.75) is 20.0 Å². The van der Waals surface area contributed by atoms with E-state index in [4.69, 9.17) is 23.2 Å². The number of hydrogen-bond donors (Lipinski definition) is 1. The Kier molecular flexibility index (Phi) is 4.46. The summed E-state index contributed by atoms with van der Waals surface area (Å²) in [5.74, 6) is 0. The number of hydrogen-bond acceptors (Lipinski definition) is 2. The van der Waals surface area contributed by atoms with E-state index in [1.807, 2.05) is 12.1 Å². The lowest BCUT2D eigenvalue weighted by Gasteiger charge is -2.07. The van der Waals surface area contributed by atoms with Gasteiger partial charge in [0.25, 0.3) is 0 Å². The molecule has 1 N–H and O–H groups in total. The van der Waals surface area contributed by atoms with Gasteiger partial charge in [-0.15, -0.1) is 0 Å². The molecule has 0 atom stereocenters. The monoisotopic (exact) mass is 285 g/mol. The molecule has 0 bridgehead atoms. The maximum Gasteiger partial charge on any atom is 0.0451 e. The molecular weight excluding hydrogens is 273 g/mol. The van der Waals surface area contributed by atoms with Crippen molar-refractivity contribution in [2.24, 2.45) is 0 Å². The van der Waals surface area contributed by atoms with Gasteiger partial charge in [0.05, 0.1) is 0 Å². The maximum atomic E-state index is 6.09. The quantitative estimate of drug-likeness (QED) is 0.862. The lowest BCUT2D eigenvalue weighted by atomic mass is 10.2. The second-order valence-corrected chi connectivity index (χ2v) is 5.51. The first-order valence-corrected chi connectivity index (χ1v) is 7.03. The van der Waals surface area contributed by atoms with Crippen molar-refractivity contribution in [1.82, 2.24) is 5.32 Å². The highest BCUT2D eigenvalue weighted by Crippen LogP contribution is 2.20. The van der Waals surface area contributed by atoms with Gasteiger partial charge in [0.15, 0.2) is 0 Å². The summed E-state index contributed by atoms with van der Waals surface area (Å²) in [6.45, 7) is 3.72. The van der Waals surface area contributed by atoms with E-state index in [9.17, 15) is 0 Å². The van der Waals surface area contributed by atoms with Crippen LogP contribution in [0.4, 0.5) is 0 Å². The second kappa shape index (κ2) is 5.87. The Hall–Kier alpha value is -0.540. The number of halogens is 2. The first kappa shape index (κ1) is 12.9. The first-order valence-electron chi connectivity index (χ1n) is 5.33. The van der Waals surface area contributed by atoms with Crippen LogP contribution in [0, 0.1) is 6.92 Å². The molecule has 1 aromatic carbocycles. The molecule has 0 unspecified atom stereocenters. The van der Waals surface area contributed by atoms with Crippen LogP contribution in [-0.4, -0.2) is 0 Å². The summed E-state index contributed by atoms with van der Waals surface area (Å²) in [7, 11) is 0. The average molecular weight is 286 g/mol. The highest BCUT2D eigenvalue weighted by molar-refractivity contribution is 7.08. The highest BCUT2D eigenvalue weighted by atomic mass is 35.5. The van der Waals surface area contributed by atoms with Crippen molar-refractivity contribution in [3.63, 3.8) is 0 Å². The number of nitrogens with one attached hydrogen (secondary N) is 1. The first-order chi connectivity index (χ1) is 8.16. The van der Waals surface area contributed by atoms with Gasteiger partial charge in [-0.25, -0.2) is 0 Å². The van der Waals surface area contributed by atoms with E-state index in [-0.39, 0.29) is 0 Å². The fourth-order valence-corrected chi connectivity index (χ4v) is 2.81. The number of aryl methyl sites for hydroxylation is 1. The third-order valence-electron chi connectivity index (χ3n) is 2.60. The smallest absolute Gasteiger partial charge is 0.0451 e. The summed E-state index contributed by atoms with van der Waals surface area (Å²) >= 11 is 13.8. The number of rotatable bonds is 4. The van der Waals surface area contributed by atoms with Crippen LogP contribution in [0.15, 0.2) is 29.0 Å². The van der Waals surface area contributed by atoms with Crippen LogP contribution < -0.4 is 5.32 Å². The third-order valence-corrected chi connectivity index (χ3v) is 4.11. The topological polar surface area (TPSA) is 12.0 Å². The van der Waals surface area contributed by atoms with Gasteiger partial charge in [-0.05, 0) is 52.6 Å².